The van der Waals surface area contributed by atoms with Crippen LogP contribution in [0, 0.1) is 0 Å². The molecule has 0 unspecified atom stereocenters. The number of H-pyrrole nitrogens is 1. The van der Waals surface area contributed by atoms with Crippen LogP contribution in [0.1, 0.15) is 38.1 Å². The van der Waals surface area contributed by atoms with E-state index in [9.17, 15) is 4.79 Å². The van der Waals surface area contributed by atoms with Gasteiger partial charge >= 0.3 is 5.69 Å². The molecule has 4 heteroatoms. The Kier molecular flexibility index (Phi) is 2.91. The molecule has 1 aromatic carbocycles. The molecule has 0 bridgehead atoms. The van der Waals surface area contributed by atoms with Gasteiger partial charge in [0.1, 0.15) is 0 Å². The average molecular weight is 271 g/mol. The number of piperidine rings is 2. The average Bonchev–Trinajstić information content (AvgIpc) is 2.82. The van der Waals surface area contributed by atoms with Crippen molar-refractivity contribution < 1.29 is 0 Å². The van der Waals surface area contributed by atoms with Crippen LogP contribution in [0.5, 0.6) is 0 Å². The second kappa shape index (κ2) is 4.77. The molecule has 0 amide bonds. The van der Waals surface area contributed by atoms with Crippen LogP contribution in [0.3, 0.4) is 0 Å². The van der Waals surface area contributed by atoms with Gasteiger partial charge in [-0.25, -0.2) is 4.79 Å². The number of nitrogens with zero attached hydrogens (tertiary/aromatic N) is 2. The minimum atomic E-state index is 0.0560. The largest absolute Gasteiger partial charge is 0.326 e. The molecule has 2 aliphatic rings. The van der Waals surface area contributed by atoms with E-state index >= 15 is 0 Å². The van der Waals surface area contributed by atoms with Crippen molar-refractivity contribution in [3.8, 4) is 0 Å². The summed E-state index contributed by atoms with van der Waals surface area (Å²) in [6, 6.07) is 9.08. The number of aromatic nitrogens is 2. The highest BCUT2D eigenvalue weighted by molar-refractivity contribution is 5.75. The number of para-hydroxylation sites is 2. The van der Waals surface area contributed by atoms with Crippen LogP contribution in [0.25, 0.3) is 11.0 Å². The molecule has 3 heterocycles. The molecule has 106 valence electrons. The Morgan fingerprint density at radius 3 is 2.90 bits per heavy atom. The first kappa shape index (κ1) is 12.2. The van der Waals surface area contributed by atoms with Crippen LogP contribution in [0.4, 0.5) is 0 Å². The van der Waals surface area contributed by atoms with Crippen molar-refractivity contribution in [2.45, 2.75) is 44.2 Å². The van der Waals surface area contributed by atoms with Gasteiger partial charge in [0.05, 0.1) is 11.0 Å². The molecular formula is C16H21N3O. The summed E-state index contributed by atoms with van der Waals surface area (Å²) < 4.78 is 2.00. The van der Waals surface area contributed by atoms with Crippen LogP contribution in [-0.4, -0.2) is 33.6 Å². The van der Waals surface area contributed by atoms with Crippen molar-refractivity contribution in [1.82, 2.24) is 14.5 Å². The molecule has 1 N–H and O–H groups in total. The Labute approximate surface area is 118 Å². The summed E-state index contributed by atoms with van der Waals surface area (Å²) in [7, 11) is 0. The topological polar surface area (TPSA) is 41.0 Å². The highest BCUT2D eigenvalue weighted by Gasteiger charge is 2.32. The summed E-state index contributed by atoms with van der Waals surface area (Å²) in [5, 5.41) is 0. The molecule has 2 fully saturated rings. The fourth-order valence-corrected chi connectivity index (χ4v) is 4.04. The van der Waals surface area contributed by atoms with E-state index in [1.165, 1.54) is 25.8 Å². The Bertz CT molecular complexity index is 672. The molecule has 2 aromatic rings. The third-order valence-electron chi connectivity index (χ3n) is 5.03. The number of imidazole rings is 1. The van der Waals surface area contributed by atoms with Crippen molar-refractivity contribution in [2.24, 2.45) is 0 Å². The first-order valence-electron chi connectivity index (χ1n) is 7.76. The summed E-state index contributed by atoms with van der Waals surface area (Å²) in [4.78, 5) is 17.9. The predicted octanol–water partition coefficient (Wildman–Crippen LogP) is 2.52. The summed E-state index contributed by atoms with van der Waals surface area (Å²) in [6.45, 7) is 2.39. The Balaban J connectivity index is 1.69. The van der Waals surface area contributed by atoms with Crippen LogP contribution < -0.4 is 5.69 Å². The second-order valence-electron chi connectivity index (χ2n) is 6.18. The smallest absolute Gasteiger partial charge is 0.306 e. The van der Waals surface area contributed by atoms with Crippen molar-refractivity contribution in [2.75, 3.05) is 13.1 Å². The predicted molar refractivity (Wildman–Crippen MR) is 80.0 cm³/mol. The van der Waals surface area contributed by atoms with E-state index in [-0.39, 0.29) is 5.69 Å². The zero-order valence-electron chi connectivity index (χ0n) is 11.7. The van der Waals surface area contributed by atoms with E-state index in [4.69, 9.17) is 0 Å². The van der Waals surface area contributed by atoms with Crippen LogP contribution in [-0.2, 0) is 0 Å². The molecule has 0 spiro atoms. The minimum Gasteiger partial charge on any atom is -0.306 e. The van der Waals surface area contributed by atoms with Crippen molar-refractivity contribution in [3.05, 3.63) is 34.7 Å². The van der Waals surface area contributed by atoms with Gasteiger partial charge in [-0.05, 0) is 44.4 Å². The van der Waals surface area contributed by atoms with Gasteiger partial charge in [0.25, 0.3) is 0 Å². The van der Waals surface area contributed by atoms with Gasteiger partial charge in [-0.15, -0.1) is 0 Å². The molecule has 0 radical (unpaired) electrons. The zero-order valence-corrected chi connectivity index (χ0v) is 11.7. The van der Waals surface area contributed by atoms with Crippen LogP contribution >= 0.6 is 0 Å². The maximum atomic E-state index is 12.3. The maximum absolute atomic E-state index is 12.3. The van der Waals surface area contributed by atoms with Crippen molar-refractivity contribution >= 4 is 11.0 Å². The SMILES string of the molecule is O=c1[nH]c2ccccc2n1[C@H]1CCN2CCCC[C@@H]2C1. The van der Waals surface area contributed by atoms with Gasteiger partial charge in [0.2, 0.25) is 0 Å². The van der Waals surface area contributed by atoms with Gasteiger partial charge in [-0.1, -0.05) is 18.6 Å². The maximum Gasteiger partial charge on any atom is 0.326 e. The molecule has 1 aromatic heterocycles. The monoisotopic (exact) mass is 271 g/mol. The Morgan fingerprint density at radius 1 is 1.05 bits per heavy atom. The minimum absolute atomic E-state index is 0.0560. The van der Waals surface area contributed by atoms with E-state index in [0.29, 0.717) is 12.1 Å². The lowest BCUT2D eigenvalue weighted by atomic mass is 9.90. The number of aromatic amines is 1. The summed E-state index contributed by atoms with van der Waals surface area (Å²) in [5.41, 5.74) is 2.08. The van der Waals surface area contributed by atoms with Gasteiger partial charge in [-0.3, -0.25) is 4.57 Å². The number of nitrogens with one attached hydrogen (secondary N) is 1. The number of hydrogen-bond acceptors (Lipinski definition) is 2. The van der Waals surface area contributed by atoms with E-state index < -0.39 is 0 Å². The molecule has 4 nitrogen and oxygen atoms in total. The van der Waals surface area contributed by atoms with Crippen molar-refractivity contribution in [3.63, 3.8) is 0 Å². The quantitative estimate of drug-likeness (QED) is 0.866. The molecule has 2 atom stereocenters. The number of fused-ring (bicyclic) bond motifs is 2. The van der Waals surface area contributed by atoms with Gasteiger partial charge in [-0.2, -0.15) is 0 Å². The second-order valence-corrected chi connectivity index (χ2v) is 6.18. The molecule has 2 aliphatic heterocycles. The van der Waals surface area contributed by atoms with Crippen molar-refractivity contribution in [1.29, 1.82) is 0 Å². The third kappa shape index (κ3) is 1.90. The number of benzene rings is 1. The molecule has 0 aliphatic carbocycles. The molecule has 4 rings (SSSR count). The van der Waals surface area contributed by atoms with Gasteiger partial charge in [0, 0.05) is 18.6 Å². The molecule has 2 saturated heterocycles. The highest BCUT2D eigenvalue weighted by Crippen LogP contribution is 2.32. The molecule has 20 heavy (non-hydrogen) atoms. The molecule has 0 saturated carbocycles. The summed E-state index contributed by atoms with van der Waals surface area (Å²) >= 11 is 0. The van der Waals surface area contributed by atoms with E-state index in [1.807, 2.05) is 22.8 Å². The molecular weight excluding hydrogens is 250 g/mol. The van der Waals surface area contributed by atoms with E-state index in [0.717, 1.165) is 30.4 Å². The zero-order chi connectivity index (χ0) is 13.5. The summed E-state index contributed by atoms with van der Waals surface area (Å²) in [5.74, 6) is 0. The Hall–Kier alpha value is -1.55. The van der Waals surface area contributed by atoms with E-state index in [1.54, 1.807) is 0 Å². The van der Waals surface area contributed by atoms with E-state index in [2.05, 4.69) is 16.0 Å². The lowest BCUT2D eigenvalue weighted by molar-refractivity contribution is 0.0819. The van der Waals surface area contributed by atoms with Crippen LogP contribution in [0.2, 0.25) is 0 Å². The van der Waals surface area contributed by atoms with Gasteiger partial charge in [0.15, 0.2) is 0 Å². The first-order valence-corrected chi connectivity index (χ1v) is 7.76. The third-order valence-corrected chi connectivity index (χ3v) is 5.03. The standard InChI is InChI=1S/C16H21N3O/c20-16-17-14-6-1-2-7-15(14)19(16)13-8-10-18-9-4-3-5-12(18)11-13/h1-2,6-7,12-13H,3-5,8-11H2,(H,17,20)/t12-,13+/m1/s1. The normalized spacial score (nSPS) is 27.6. The van der Waals surface area contributed by atoms with Crippen LogP contribution in [0.15, 0.2) is 29.1 Å². The fourth-order valence-electron chi connectivity index (χ4n) is 4.04. The fraction of sp³-hybridized carbons (Fsp3) is 0.562. The lowest BCUT2D eigenvalue weighted by Crippen LogP contribution is -2.46. The number of rotatable bonds is 1. The highest BCUT2D eigenvalue weighted by atomic mass is 16.1. The number of hydrogen-bond donors (Lipinski definition) is 1. The van der Waals surface area contributed by atoms with Gasteiger partial charge < -0.3 is 9.88 Å². The first-order chi connectivity index (χ1) is 9.83. The Morgan fingerprint density at radius 2 is 1.95 bits per heavy atom. The summed E-state index contributed by atoms with van der Waals surface area (Å²) in [6.07, 6.45) is 6.21. The lowest BCUT2D eigenvalue weighted by Gasteiger charge is -2.42.